The van der Waals surface area contributed by atoms with E-state index in [1.165, 1.54) is 12.5 Å². The summed E-state index contributed by atoms with van der Waals surface area (Å²) in [6, 6.07) is 1.87. The lowest BCUT2D eigenvalue weighted by Crippen LogP contribution is -2.25. The van der Waals surface area contributed by atoms with Gasteiger partial charge in [-0.25, -0.2) is 26.9 Å². The van der Waals surface area contributed by atoms with E-state index in [0.717, 1.165) is 12.1 Å². The van der Waals surface area contributed by atoms with Crippen LogP contribution in [0.4, 0.5) is 8.78 Å². The standard InChI is InChI=1S/C11H12F2N4O2S/c12-9-1-7(3-14)2-10(11(9)13)20(18,19)17-5-8-4-15-6-16-8/h1-2,4,6,17H,3,5,14H2,(H,15,16). The van der Waals surface area contributed by atoms with Crippen molar-refractivity contribution in [1.29, 1.82) is 0 Å². The van der Waals surface area contributed by atoms with Crippen molar-refractivity contribution in [2.24, 2.45) is 5.73 Å². The zero-order valence-corrected chi connectivity index (χ0v) is 11.0. The minimum Gasteiger partial charge on any atom is -0.347 e. The maximum atomic E-state index is 13.6. The number of nitrogens with zero attached hydrogens (tertiary/aromatic N) is 1. The number of nitrogens with two attached hydrogens (primary N) is 1. The summed E-state index contributed by atoms with van der Waals surface area (Å²) in [5, 5.41) is 0. The molecule has 1 heterocycles. The fourth-order valence-corrected chi connectivity index (χ4v) is 2.70. The molecule has 0 aliphatic carbocycles. The zero-order valence-electron chi connectivity index (χ0n) is 10.2. The molecular formula is C11H12F2N4O2S. The van der Waals surface area contributed by atoms with E-state index in [-0.39, 0.29) is 18.7 Å². The first-order valence-electron chi connectivity index (χ1n) is 5.59. The molecule has 4 N–H and O–H groups in total. The van der Waals surface area contributed by atoms with E-state index in [0.29, 0.717) is 5.69 Å². The van der Waals surface area contributed by atoms with Crippen molar-refractivity contribution in [3.63, 3.8) is 0 Å². The third-order valence-corrected chi connectivity index (χ3v) is 3.99. The summed E-state index contributed by atoms with van der Waals surface area (Å²) in [4.78, 5) is 5.63. The molecule has 1 aromatic heterocycles. The number of hydrogen-bond donors (Lipinski definition) is 3. The number of rotatable bonds is 5. The molecule has 2 aromatic rings. The fourth-order valence-electron chi connectivity index (χ4n) is 1.56. The average molecular weight is 302 g/mol. The van der Waals surface area contributed by atoms with Gasteiger partial charge in [0.25, 0.3) is 0 Å². The fraction of sp³-hybridized carbons (Fsp3) is 0.182. The van der Waals surface area contributed by atoms with Crippen LogP contribution in [0.3, 0.4) is 0 Å². The van der Waals surface area contributed by atoms with Gasteiger partial charge in [0.15, 0.2) is 11.6 Å². The highest BCUT2D eigenvalue weighted by atomic mass is 32.2. The predicted octanol–water partition coefficient (Wildman–Crippen LogP) is 0.625. The molecule has 0 atom stereocenters. The minimum absolute atomic E-state index is 0.0970. The van der Waals surface area contributed by atoms with Crippen molar-refractivity contribution >= 4 is 10.0 Å². The molecule has 9 heteroatoms. The summed E-state index contributed by atoms with van der Waals surface area (Å²) in [5.74, 6) is -2.69. The molecular weight excluding hydrogens is 290 g/mol. The summed E-state index contributed by atoms with van der Waals surface area (Å²) in [6.07, 6.45) is 2.79. The van der Waals surface area contributed by atoms with Crippen molar-refractivity contribution in [2.45, 2.75) is 18.0 Å². The van der Waals surface area contributed by atoms with Crippen LogP contribution in [0, 0.1) is 11.6 Å². The Morgan fingerprint density at radius 3 is 2.70 bits per heavy atom. The predicted molar refractivity (Wildman–Crippen MR) is 66.9 cm³/mol. The lowest BCUT2D eigenvalue weighted by atomic mass is 10.2. The maximum absolute atomic E-state index is 13.6. The number of benzene rings is 1. The highest BCUT2D eigenvalue weighted by Gasteiger charge is 2.22. The van der Waals surface area contributed by atoms with Gasteiger partial charge < -0.3 is 10.7 Å². The Morgan fingerprint density at radius 1 is 1.35 bits per heavy atom. The Balaban J connectivity index is 2.31. The van der Waals surface area contributed by atoms with Crippen LogP contribution in [-0.2, 0) is 23.1 Å². The molecule has 108 valence electrons. The maximum Gasteiger partial charge on any atom is 0.243 e. The topological polar surface area (TPSA) is 101 Å². The zero-order chi connectivity index (χ0) is 14.8. The first-order chi connectivity index (χ1) is 9.44. The van der Waals surface area contributed by atoms with Crippen molar-refractivity contribution in [3.8, 4) is 0 Å². The Morgan fingerprint density at radius 2 is 2.10 bits per heavy atom. The number of imidazole rings is 1. The number of aromatic amines is 1. The summed E-state index contributed by atoms with van der Waals surface area (Å²) < 4.78 is 53.1. The number of hydrogen-bond acceptors (Lipinski definition) is 4. The van der Waals surface area contributed by atoms with Gasteiger partial charge in [-0.15, -0.1) is 0 Å². The first kappa shape index (κ1) is 14.6. The van der Waals surface area contributed by atoms with Crippen LogP contribution < -0.4 is 10.5 Å². The van der Waals surface area contributed by atoms with E-state index in [1.807, 2.05) is 0 Å². The van der Waals surface area contributed by atoms with Gasteiger partial charge in [-0.3, -0.25) is 0 Å². The molecule has 0 fully saturated rings. The van der Waals surface area contributed by atoms with Crippen LogP contribution in [0.2, 0.25) is 0 Å². The van der Waals surface area contributed by atoms with E-state index in [9.17, 15) is 17.2 Å². The molecule has 0 amide bonds. The molecule has 1 aromatic carbocycles. The van der Waals surface area contributed by atoms with E-state index >= 15 is 0 Å². The average Bonchev–Trinajstić information content (AvgIpc) is 2.92. The lowest BCUT2D eigenvalue weighted by molar-refractivity contribution is 0.481. The normalized spacial score (nSPS) is 11.8. The van der Waals surface area contributed by atoms with Crippen molar-refractivity contribution in [1.82, 2.24) is 14.7 Å². The highest BCUT2D eigenvalue weighted by molar-refractivity contribution is 7.89. The number of halogens is 2. The van der Waals surface area contributed by atoms with Crippen molar-refractivity contribution in [3.05, 3.63) is 47.5 Å². The van der Waals surface area contributed by atoms with Crippen LogP contribution in [0.5, 0.6) is 0 Å². The first-order valence-corrected chi connectivity index (χ1v) is 7.07. The molecule has 0 aliphatic rings. The van der Waals surface area contributed by atoms with E-state index in [2.05, 4.69) is 14.7 Å². The largest absolute Gasteiger partial charge is 0.347 e. The van der Waals surface area contributed by atoms with Crippen LogP contribution in [0.25, 0.3) is 0 Å². The summed E-state index contributed by atoms with van der Waals surface area (Å²) in [7, 11) is -4.19. The smallest absolute Gasteiger partial charge is 0.243 e. The molecule has 2 rings (SSSR count). The van der Waals surface area contributed by atoms with Gasteiger partial charge in [0.2, 0.25) is 10.0 Å². The molecule has 20 heavy (non-hydrogen) atoms. The lowest BCUT2D eigenvalue weighted by Gasteiger charge is -2.09. The van der Waals surface area contributed by atoms with Gasteiger partial charge in [0.1, 0.15) is 4.90 Å². The second kappa shape index (κ2) is 5.65. The molecule has 0 saturated carbocycles. The Bertz CT molecular complexity index is 701. The molecule has 0 radical (unpaired) electrons. The van der Waals surface area contributed by atoms with Gasteiger partial charge >= 0.3 is 0 Å². The van der Waals surface area contributed by atoms with E-state index < -0.39 is 26.6 Å². The van der Waals surface area contributed by atoms with Gasteiger partial charge in [0.05, 0.1) is 12.9 Å². The second-order valence-electron chi connectivity index (χ2n) is 4.00. The van der Waals surface area contributed by atoms with Gasteiger partial charge in [-0.1, -0.05) is 0 Å². The molecule has 0 spiro atoms. The molecule has 0 aliphatic heterocycles. The quantitative estimate of drug-likeness (QED) is 0.754. The Labute approximate surface area is 114 Å². The highest BCUT2D eigenvalue weighted by Crippen LogP contribution is 2.19. The van der Waals surface area contributed by atoms with E-state index in [1.54, 1.807) is 0 Å². The second-order valence-corrected chi connectivity index (χ2v) is 5.73. The Hall–Kier alpha value is -1.84. The molecule has 0 saturated heterocycles. The third-order valence-electron chi connectivity index (χ3n) is 2.59. The summed E-state index contributed by atoms with van der Waals surface area (Å²) in [6.45, 7) is -0.212. The number of sulfonamides is 1. The number of H-pyrrole nitrogens is 1. The van der Waals surface area contributed by atoms with Crippen molar-refractivity contribution < 1.29 is 17.2 Å². The minimum atomic E-state index is -4.19. The monoisotopic (exact) mass is 302 g/mol. The van der Waals surface area contributed by atoms with Crippen LogP contribution in [0.1, 0.15) is 11.3 Å². The van der Waals surface area contributed by atoms with Crippen molar-refractivity contribution in [2.75, 3.05) is 0 Å². The van der Waals surface area contributed by atoms with Crippen LogP contribution in [-0.4, -0.2) is 18.4 Å². The number of aromatic nitrogens is 2. The van der Waals surface area contributed by atoms with Gasteiger partial charge in [-0.2, -0.15) is 0 Å². The van der Waals surface area contributed by atoms with Crippen LogP contribution >= 0.6 is 0 Å². The third kappa shape index (κ3) is 3.00. The summed E-state index contributed by atoms with van der Waals surface area (Å²) in [5.41, 5.74) is 5.99. The number of nitrogens with one attached hydrogen (secondary N) is 2. The van der Waals surface area contributed by atoms with Gasteiger partial charge in [0, 0.05) is 18.4 Å². The van der Waals surface area contributed by atoms with E-state index in [4.69, 9.17) is 5.73 Å². The SMILES string of the molecule is NCc1cc(F)c(F)c(S(=O)(=O)NCc2cnc[nH]2)c1. The molecule has 0 bridgehead atoms. The van der Waals surface area contributed by atoms with Crippen LogP contribution in [0.15, 0.2) is 29.6 Å². The van der Waals surface area contributed by atoms with Gasteiger partial charge in [-0.05, 0) is 17.7 Å². The molecule has 6 nitrogen and oxygen atoms in total. The molecule has 0 unspecified atom stereocenters. The Kier molecular flexibility index (Phi) is 4.12. The summed E-state index contributed by atoms with van der Waals surface area (Å²) >= 11 is 0.